The van der Waals surface area contributed by atoms with Crippen molar-refractivity contribution in [1.29, 1.82) is 0 Å². The second-order valence-corrected chi connectivity index (χ2v) is 6.27. The zero-order chi connectivity index (χ0) is 21.3. The van der Waals surface area contributed by atoms with E-state index in [9.17, 15) is 24.4 Å². The Morgan fingerprint density at radius 2 is 1.03 bits per heavy atom. The van der Waals surface area contributed by atoms with Gasteiger partial charge in [-0.05, 0) is 36.4 Å². The van der Waals surface area contributed by atoms with Crippen molar-refractivity contribution < 1.29 is 33.9 Å². The number of para-hydroxylation sites is 2. The van der Waals surface area contributed by atoms with E-state index in [1.807, 2.05) is 0 Å². The van der Waals surface area contributed by atoms with Crippen LogP contribution in [0.4, 0.5) is 0 Å². The summed E-state index contributed by atoms with van der Waals surface area (Å²) in [6.07, 6.45) is 0. The third-order valence-corrected chi connectivity index (χ3v) is 4.35. The molecule has 1 N–H and O–H groups in total. The zero-order valence-electron chi connectivity index (χ0n) is 15.3. The van der Waals surface area contributed by atoms with Crippen molar-refractivity contribution in [1.82, 2.24) is 5.06 Å². The van der Waals surface area contributed by atoms with E-state index >= 15 is 0 Å². The van der Waals surface area contributed by atoms with Crippen LogP contribution < -0.4 is 9.47 Å². The first-order valence-electron chi connectivity index (χ1n) is 8.76. The maximum Gasteiger partial charge on any atom is 0.344 e. The lowest BCUT2D eigenvalue weighted by atomic mass is 9.99. The quantitative estimate of drug-likeness (QED) is 0.308. The van der Waals surface area contributed by atoms with Gasteiger partial charge in [-0.3, -0.25) is 14.8 Å². The summed E-state index contributed by atoms with van der Waals surface area (Å²) in [5, 5.41) is 9.54. The molecule has 1 aliphatic heterocycles. The fourth-order valence-corrected chi connectivity index (χ4v) is 2.91. The Morgan fingerprint density at radius 3 is 1.40 bits per heavy atom. The Kier molecular flexibility index (Phi) is 4.83. The van der Waals surface area contributed by atoms with Crippen LogP contribution in [0.15, 0.2) is 72.8 Å². The standard InChI is InChI=1S/C22H13NO7/c24-19-15-11-17(21(26)29-13-7-3-1-4-8-13)18(12-16(15)20(25)23(19)28)22(27)30-14-9-5-2-6-10-14/h1-12,28H. The summed E-state index contributed by atoms with van der Waals surface area (Å²) >= 11 is 0. The van der Waals surface area contributed by atoms with Gasteiger partial charge in [0.05, 0.1) is 22.3 Å². The van der Waals surface area contributed by atoms with Crippen molar-refractivity contribution >= 4 is 23.8 Å². The molecule has 0 unspecified atom stereocenters. The summed E-state index contributed by atoms with van der Waals surface area (Å²) < 4.78 is 10.5. The summed E-state index contributed by atoms with van der Waals surface area (Å²) in [7, 11) is 0. The van der Waals surface area contributed by atoms with Crippen LogP contribution in [0.2, 0.25) is 0 Å². The molecule has 0 saturated heterocycles. The van der Waals surface area contributed by atoms with E-state index in [1.54, 1.807) is 36.4 Å². The maximum absolute atomic E-state index is 12.8. The Hall–Kier alpha value is -4.30. The molecule has 0 atom stereocenters. The van der Waals surface area contributed by atoms with Crippen LogP contribution in [-0.4, -0.2) is 34.0 Å². The topological polar surface area (TPSA) is 110 Å². The van der Waals surface area contributed by atoms with E-state index in [2.05, 4.69) is 0 Å². The lowest BCUT2D eigenvalue weighted by molar-refractivity contribution is -0.0327. The molecule has 148 valence electrons. The average molecular weight is 403 g/mol. The molecule has 0 spiro atoms. The number of hydrogen-bond donors (Lipinski definition) is 1. The van der Waals surface area contributed by atoms with Crippen LogP contribution in [0.3, 0.4) is 0 Å². The molecular formula is C22H13NO7. The molecule has 0 saturated carbocycles. The van der Waals surface area contributed by atoms with Crippen LogP contribution >= 0.6 is 0 Å². The fourth-order valence-electron chi connectivity index (χ4n) is 2.91. The van der Waals surface area contributed by atoms with Crippen LogP contribution in [0.5, 0.6) is 11.5 Å². The molecule has 0 bridgehead atoms. The minimum absolute atomic E-state index is 0.0801. The third-order valence-electron chi connectivity index (χ3n) is 4.35. The highest BCUT2D eigenvalue weighted by molar-refractivity contribution is 6.22. The zero-order valence-corrected chi connectivity index (χ0v) is 15.3. The number of hydrogen-bond acceptors (Lipinski definition) is 7. The van der Waals surface area contributed by atoms with Crippen molar-refractivity contribution in [3.05, 3.63) is 95.1 Å². The molecule has 1 heterocycles. The van der Waals surface area contributed by atoms with Crippen LogP contribution in [0.25, 0.3) is 0 Å². The molecule has 0 radical (unpaired) electrons. The summed E-state index contributed by atoms with van der Waals surface area (Å²) in [4.78, 5) is 49.7. The Labute approximate surface area is 169 Å². The molecule has 3 aromatic rings. The number of benzene rings is 3. The largest absolute Gasteiger partial charge is 0.423 e. The monoisotopic (exact) mass is 403 g/mol. The lowest BCUT2D eigenvalue weighted by Crippen LogP contribution is -2.25. The van der Waals surface area contributed by atoms with E-state index in [0.29, 0.717) is 0 Å². The van der Waals surface area contributed by atoms with Crippen LogP contribution in [0, 0.1) is 0 Å². The lowest BCUT2D eigenvalue weighted by Gasteiger charge is -2.11. The van der Waals surface area contributed by atoms with Gasteiger partial charge in [-0.25, -0.2) is 9.59 Å². The van der Waals surface area contributed by atoms with Gasteiger partial charge in [0.1, 0.15) is 11.5 Å². The van der Waals surface area contributed by atoms with Crippen LogP contribution in [0.1, 0.15) is 41.4 Å². The summed E-state index contributed by atoms with van der Waals surface area (Å²) in [6, 6.07) is 18.3. The molecule has 4 rings (SSSR count). The number of rotatable bonds is 4. The number of fused-ring (bicyclic) bond motifs is 1. The molecule has 8 heteroatoms. The molecule has 30 heavy (non-hydrogen) atoms. The predicted molar refractivity (Wildman–Crippen MR) is 102 cm³/mol. The SMILES string of the molecule is O=C(Oc1ccccc1)c1cc2c(cc1C(=O)Oc1ccccc1)C(=O)N(O)C2=O. The third kappa shape index (κ3) is 3.43. The summed E-state index contributed by atoms with van der Waals surface area (Å²) in [5.74, 6) is -3.44. The van der Waals surface area contributed by atoms with Gasteiger partial charge in [0.2, 0.25) is 0 Å². The van der Waals surface area contributed by atoms with Crippen molar-refractivity contribution in [2.45, 2.75) is 0 Å². The molecule has 3 aromatic carbocycles. The number of imide groups is 1. The first kappa shape index (κ1) is 19.0. The Balaban J connectivity index is 1.77. The van der Waals surface area contributed by atoms with E-state index in [0.717, 1.165) is 12.1 Å². The van der Waals surface area contributed by atoms with Gasteiger partial charge in [-0.2, -0.15) is 0 Å². The number of ether oxygens (including phenoxy) is 2. The van der Waals surface area contributed by atoms with E-state index in [1.165, 1.54) is 24.3 Å². The number of nitrogens with zero attached hydrogens (tertiary/aromatic N) is 1. The van der Waals surface area contributed by atoms with Crippen molar-refractivity contribution in [3.63, 3.8) is 0 Å². The molecule has 0 aliphatic carbocycles. The van der Waals surface area contributed by atoms with Gasteiger partial charge in [0.25, 0.3) is 11.8 Å². The van der Waals surface area contributed by atoms with E-state index in [4.69, 9.17) is 9.47 Å². The number of carbonyl (C=O) groups excluding carboxylic acids is 4. The number of esters is 2. The molecule has 1 aliphatic rings. The number of carbonyl (C=O) groups is 4. The molecule has 2 amide bonds. The van der Waals surface area contributed by atoms with Gasteiger partial charge in [0.15, 0.2) is 0 Å². The highest BCUT2D eigenvalue weighted by Gasteiger charge is 2.38. The van der Waals surface area contributed by atoms with Gasteiger partial charge < -0.3 is 9.47 Å². The average Bonchev–Trinajstić information content (AvgIpc) is 2.98. The normalized spacial score (nSPS) is 12.5. The smallest absolute Gasteiger partial charge is 0.344 e. The predicted octanol–water partition coefficient (Wildman–Crippen LogP) is 3.11. The summed E-state index contributed by atoms with van der Waals surface area (Å²) in [5.41, 5.74) is -1.01. The van der Waals surface area contributed by atoms with Gasteiger partial charge in [-0.15, -0.1) is 5.06 Å². The van der Waals surface area contributed by atoms with Gasteiger partial charge in [0, 0.05) is 0 Å². The van der Waals surface area contributed by atoms with Gasteiger partial charge >= 0.3 is 11.9 Å². The highest BCUT2D eigenvalue weighted by atomic mass is 16.5. The number of hydroxylamine groups is 2. The molecular weight excluding hydrogens is 390 g/mol. The molecule has 8 nitrogen and oxygen atoms in total. The van der Waals surface area contributed by atoms with Crippen LogP contribution in [-0.2, 0) is 0 Å². The van der Waals surface area contributed by atoms with Crippen molar-refractivity contribution in [3.8, 4) is 11.5 Å². The minimum Gasteiger partial charge on any atom is -0.423 e. The first-order chi connectivity index (χ1) is 14.5. The maximum atomic E-state index is 12.8. The Bertz CT molecular complexity index is 1080. The summed E-state index contributed by atoms with van der Waals surface area (Å²) in [6.45, 7) is 0. The van der Waals surface area contributed by atoms with Crippen molar-refractivity contribution in [2.24, 2.45) is 0 Å². The van der Waals surface area contributed by atoms with Gasteiger partial charge in [-0.1, -0.05) is 36.4 Å². The van der Waals surface area contributed by atoms with E-state index in [-0.39, 0.29) is 38.8 Å². The minimum atomic E-state index is -1.01. The second-order valence-electron chi connectivity index (χ2n) is 6.27. The molecule has 0 aromatic heterocycles. The molecule has 0 fully saturated rings. The van der Waals surface area contributed by atoms with Crippen molar-refractivity contribution in [2.75, 3.05) is 0 Å². The fraction of sp³-hybridized carbons (Fsp3) is 0. The Morgan fingerprint density at radius 1 is 0.667 bits per heavy atom. The van der Waals surface area contributed by atoms with E-state index < -0.39 is 23.8 Å². The first-order valence-corrected chi connectivity index (χ1v) is 8.76. The highest BCUT2D eigenvalue weighted by Crippen LogP contribution is 2.27. The number of amides is 2. The second kappa shape index (κ2) is 7.61.